The second kappa shape index (κ2) is 7.33. The van der Waals surface area contributed by atoms with Crippen molar-refractivity contribution in [1.29, 1.82) is 0 Å². The summed E-state index contributed by atoms with van der Waals surface area (Å²) in [7, 11) is 0. The van der Waals surface area contributed by atoms with Crippen molar-refractivity contribution in [1.82, 2.24) is 15.6 Å². The van der Waals surface area contributed by atoms with E-state index >= 15 is 0 Å². The molecule has 0 aromatic carbocycles. The van der Waals surface area contributed by atoms with Crippen LogP contribution in [0.3, 0.4) is 0 Å². The van der Waals surface area contributed by atoms with Crippen molar-refractivity contribution in [2.75, 3.05) is 31.1 Å². The minimum Gasteiger partial charge on any atom is -0.348 e. The first-order chi connectivity index (χ1) is 9.29. The van der Waals surface area contributed by atoms with Gasteiger partial charge in [-0.2, -0.15) is 0 Å². The van der Waals surface area contributed by atoms with E-state index in [1.807, 2.05) is 18.5 Å². The van der Waals surface area contributed by atoms with Crippen molar-refractivity contribution in [2.24, 2.45) is 5.92 Å². The average molecular weight is 282 g/mol. The van der Waals surface area contributed by atoms with Crippen LogP contribution in [-0.4, -0.2) is 37.2 Å². The smallest absolute Gasteiger partial charge is 0.314 e. The molecule has 0 bridgehead atoms. The monoisotopic (exact) mass is 282 g/mol. The van der Waals surface area contributed by atoms with Gasteiger partial charge in [-0.05, 0) is 25.2 Å². The fourth-order valence-electron chi connectivity index (χ4n) is 2.32. The number of hydrogen-bond acceptors (Lipinski definition) is 4. The number of amides is 2. The Morgan fingerprint density at radius 2 is 2.47 bits per heavy atom. The van der Waals surface area contributed by atoms with E-state index < -0.39 is 0 Å². The van der Waals surface area contributed by atoms with Crippen LogP contribution in [0, 0.1) is 5.92 Å². The molecule has 0 saturated carbocycles. The normalized spacial score (nSPS) is 19.2. The standard InChI is InChI=1S/C13H22N4OS/c1-2-5-14-12(18)16-9-11-4-3-7-17(10-11)13-15-6-8-19-13/h6,8,11H,2-5,7,9-10H2,1H3,(H2,14,16,18). The van der Waals surface area contributed by atoms with Gasteiger partial charge >= 0.3 is 6.03 Å². The molecular weight excluding hydrogens is 260 g/mol. The van der Waals surface area contributed by atoms with Gasteiger partial charge in [0.2, 0.25) is 0 Å². The maximum absolute atomic E-state index is 11.5. The summed E-state index contributed by atoms with van der Waals surface area (Å²) in [6.07, 6.45) is 5.16. The highest BCUT2D eigenvalue weighted by Crippen LogP contribution is 2.24. The number of thiazole rings is 1. The van der Waals surface area contributed by atoms with E-state index in [4.69, 9.17) is 0 Å². The SMILES string of the molecule is CCCNC(=O)NCC1CCCN(c2nccs2)C1. The van der Waals surface area contributed by atoms with Crippen molar-refractivity contribution in [3.05, 3.63) is 11.6 Å². The molecule has 2 rings (SSSR count). The number of nitrogens with zero attached hydrogens (tertiary/aromatic N) is 2. The topological polar surface area (TPSA) is 57.3 Å². The Morgan fingerprint density at radius 3 is 3.21 bits per heavy atom. The Balaban J connectivity index is 1.74. The Labute approximate surface area is 118 Å². The number of carbonyl (C=O) groups is 1. The first kappa shape index (κ1) is 14.1. The van der Waals surface area contributed by atoms with Gasteiger partial charge in [-0.3, -0.25) is 0 Å². The van der Waals surface area contributed by atoms with Crippen molar-refractivity contribution >= 4 is 22.5 Å². The molecule has 6 heteroatoms. The molecule has 1 fully saturated rings. The quantitative estimate of drug-likeness (QED) is 0.869. The summed E-state index contributed by atoms with van der Waals surface area (Å²) in [5, 5.41) is 8.90. The third-order valence-corrected chi connectivity index (χ3v) is 4.13. The van der Waals surface area contributed by atoms with Gasteiger partial charge in [0, 0.05) is 37.8 Å². The zero-order valence-corrected chi connectivity index (χ0v) is 12.2. The molecule has 0 aliphatic carbocycles. The largest absolute Gasteiger partial charge is 0.348 e. The predicted octanol–water partition coefficient (Wildman–Crippen LogP) is 2.07. The lowest BCUT2D eigenvalue weighted by molar-refractivity contribution is 0.238. The van der Waals surface area contributed by atoms with Crippen LogP contribution in [0.2, 0.25) is 0 Å². The Bertz CT molecular complexity index is 382. The van der Waals surface area contributed by atoms with Crippen LogP contribution in [0.25, 0.3) is 0 Å². The lowest BCUT2D eigenvalue weighted by Crippen LogP contribution is -2.43. The fourth-order valence-corrected chi connectivity index (χ4v) is 3.00. The fraction of sp³-hybridized carbons (Fsp3) is 0.692. The number of carbonyl (C=O) groups excluding carboxylic acids is 1. The van der Waals surface area contributed by atoms with E-state index in [1.54, 1.807) is 11.3 Å². The van der Waals surface area contributed by atoms with E-state index in [2.05, 4.69) is 20.5 Å². The van der Waals surface area contributed by atoms with Crippen LogP contribution in [0.4, 0.5) is 9.93 Å². The molecule has 2 amide bonds. The number of anilines is 1. The van der Waals surface area contributed by atoms with Gasteiger partial charge in [0.15, 0.2) is 5.13 Å². The molecule has 5 nitrogen and oxygen atoms in total. The van der Waals surface area contributed by atoms with E-state index in [0.29, 0.717) is 5.92 Å². The molecule has 1 saturated heterocycles. The zero-order chi connectivity index (χ0) is 13.5. The number of rotatable bonds is 5. The molecule has 106 valence electrons. The predicted molar refractivity (Wildman–Crippen MR) is 78.7 cm³/mol. The van der Waals surface area contributed by atoms with Gasteiger partial charge in [-0.1, -0.05) is 6.92 Å². The molecule has 1 aromatic rings. The number of aromatic nitrogens is 1. The summed E-state index contributed by atoms with van der Waals surface area (Å²) in [5.74, 6) is 0.519. The second-order valence-corrected chi connectivity index (χ2v) is 5.78. The van der Waals surface area contributed by atoms with Crippen molar-refractivity contribution in [2.45, 2.75) is 26.2 Å². The summed E-state index contributed by atoms with van der Waals surface area (Å²) in [4.78, 5) is 18.2. The van der Waals surface area contributed by atoms with Gasteiger partial charge in [-0.15, -0.1) is 11.3 Å². The van der Waals surface area contributed by atoms with Gasteiger partial charge in [0.25, 0.3) is 0 Å². The highest BCUT2D eigenvalue weighted by molar-refractivity contribution is 7.13. The number of urea groups is 1. The molecule has 0 spiro atoms. The average Bonchev–Trinajstić information content (AvgIpc) is 2.97. The first-order valence-corrected chi connectivity index (χ1v) is 7.83. The number of piperidine rings is 1. The minimum absolute atomic E-state index is 0.0479. The number of nitrogens with one attached hydrogen (secondary N) is 2. The molecule has 2 N–H and O–H groups in total. The van der Waals surface area contributed by atoms with Gasteiger partial charge < -0.3 is 15.5 Å². The number of hydrogen-bond donors (Lipinski definition) is 2. The summed E-state index contributed by atoms with van der Waals surface area (Å²) in [6, 6.07) is -0.0479. The Hall–Kier alpha value is -1.30. The van der Waals surface area contributed by atoms with E-state index in [1.165, 1.54) is 12.8 Å². The summed E-state index contributed by atoms with van der Waals surface area (Å²) in [5.41, 5.74) is 0. The molecule has 1 aromatic heterocycles. The van der Waals surface area contributed by atoms with E-state index in [0.717, 1.165) is 37.7 Å². The third kappa shape index (κ3) is 4.38. The lowest BCUT2D eigenvalue weighted by Gasteiger charge is -2.32. The molecular formula is C13H22N4OS. The second-order valence-electron chi connectivity index (χ2n) is 4.91. The maximum atomic E-state index is 11.5. The summed E-state index contributed by atoms with van der Waals surface area (Å²) >= 11 is 1.68. The molecule has 1 aliphatic heterocycles. The van der Waals surface area contributed by atoms with Gasteiger partial charge in [-0.25, -0.2) is 9.78 Å². The van der Waals surface area contributed by atoms with E-state index in [-0.39, 0.29) is 6.03 Å². The molecule has 1 aliphatic rings. The highest BCUT2D eigenvalue weighted by atomic mass is 32.1. The van der Waals surface area contributed by atoms with Crippen LogP contribution in [0.1, 0.15) is 26.2 Å². The van der Waals surface area contributed by atoms with Crippen LogP contribution in [0.15, 0.2) is 11.6 Å². The highest BCUT2D eigenvalue weighted by Gasteiger charge is 2.21. The van der Waals surface area contributed by atoms with Crippen LogP contribution < -0.4 is 15.5 Å². The molecule has 0 radical (unpaired) electrons. The Kier molecular flexibility index (Phi) is 5.44. The van der Waals surface area contributed by atoms with Crippen molar-refractivity contribution in [3.8, 4) is 0 Å². The lowest BCUT2D eigenvalue weighted by atomic mass is 9.98. The maximum Gasteiger partial charge on any atom is 0.314 e. The van der Waals surface area contributed by atoms with Gasteiger partial charge in [0.05, 0.1) is 0 Å². The molecule has 1 atom stereocenters. The Morgan fingerprint density at radius 1 is 1.58 bits per heavy atom. The summed E-state index contributed by atoms with van der Waals surface area (Å²) in [6.45, 7) is 5.60. The third-order valence-electron chi connectivity index (χ3n) is 3.30. The van der Waals surface area contributed by atoms with Crippen LogP contribution in [0.5, 0.6) is 0 Å². The van der Waals surface area contributed by atoms with Crippen molar-refractivity contribution < 1.29 is 4.79 Å². The van der Waals surface area contributed by atoms with Crippen LogP contribution >= 0.6 is 11.3 Å². The molecule has 1 unspecified atom stereocenters. The minimum atomic E-state index is -0.0479. The first-order valence-electron chi connectivity index (χ1n) is 6.95. The zero-order valence-electron chi connectivity index (χ0n) is 11.4. The summed E-state index contributed by atoms with van der Waals surface area (Å²) < 4.78 is 0. The van der Waals surface area contributed by atoms with Gasteiger partial charge in [0.1, 0.15) is 0 Å². The van der Waals surface area contributed by atoms with Crippen LogP contribution in [-0.2, 0) is 0 Å². The van der Waals surface area contributed by atoms with Crippen molar-refractivity contribution in [3.63, 3.8) is 0 Å². The molecule has 2 heterocycles. The molecule has 19 heavy (non-hydrogen) atoms. The van der Waals surface area contributed by atoms with E-state index in [9.17, 15) is 4.79 Å².